The first-order valence-corrected chi connectivity index (χ1v) is 10.1. The summed E-state index contributed by atoms with van der Waals surface area (Å²) < 4.78 is 0. The number of carboxylic acid groups (broad SMARTS) is 1. The van der Waals surface area contributed by atoms with Crippen molar-refractivity contribution in [2.75, 3.05) is 16.8 Å². The first-order chi connectivity index (χ1) is 14.1. The monoisotopic (exact) mass is 418 g/mol. The SMILES string of the molecule is CCC(C)[C@H](NC(=O)[C@H](CC(C)C)NC(=O)N1CC(=O)Nc2ccccc21)C(=O)O. The number of nitrogens with one attached hydrogen (secondary N) is 3. The first kappa shape index (κ1) is 23.2. The van der Waals surface area contributed by atoms with Gasteiger partial charge in [-0.05, 0) is 30.4 Å². The third-order valence-corrected chi connectivity index (χ3v) is 5.11. The van der Waals surface area contributed by atoms with Crippen LogP contribution in [-0.2, 0) is 14.4 Å². The van der Waals surface area contributed by atoms with Crippen molar-refractivity contribution >= 4 is 35.2 Å². The van der Waals surface area contributed by atoms with Crippen LogP contribution in [0.3, 0.4) is 0 Å². The number of carbonyl (C=O) groups is 4. The molecule has 0 saturated heterocycles. The maximum Gasteiger partial charge on any atom is 0.326 e. The van der Waals surface area contributed by atoms with Gasteiger partial charge in [0.2, 0.25) is 11.8 Å². The number of rotatable bonds is 8. The van der Waals surface area contributed by atoms with Gasteiger partial charge in [-0.3, -0.25) is 14.5 Å². The van der Waals surface area contributed by atoms with E-state index in [9.17, 15) is 24.3 Å². The van der Waals surface area contributed by atoms with Crippen LogP contribution < -0.4 is 20.9 Å². The number of carboxylic acids is 1. The number of urea groups is 1. The van der Waals surface area contributed by atoms with Crippen LogP contribution >= 0.6 is 0 Å². The van der Waals surface area contributed by atoms with Gasteiger partial charge in [0.1, 0.15) is 18.6 Å². The lowest BCUT2D eigenvalue weighted by molar-refractivity contribution is -0.143. The number of nitrogens with zero attached hydrogens (tertiary/aromatic N) is 1. The van der Waals surface area contributed by atoms with Gasteiger partial charge < -0.3 is 21.1 Å². The molecule has 9 heteroatoms. The summed E-state index contributed by atoms with van der Waals surface area (Å²) in [6.07, 6.45) is 0.907. The Kier molecular flexibility index (Phi) is 7.79. The highest BCUT2D eigenvalue weighted by Gasteiger charge is 2.33. The number of benzene rings is 1. The summed E-state index contributed by atoms with van der Waals surface area (Å²) in [4.78, 5) is 50.6. The molecule has 2 rings (SSSR count). The highest BCUT2D eigenvalue weighted by Crippen LogP contribution is 2.28. The Morgan fingerprint density at radius 3 is 2.43 bits per heavy atom. The molecule has 0 radical (unpaired) electrons. The molecule has 0 fully saturated rings. The van der Waals surface area contributed by atoms with Gasteiger partial charge in [0.25, 0.3) is 0 Å². The lowest BCUT2D eigenvalue weighted by atomic mass is 9.97. The van der Waals surface area contributed by atoms with Crippen LogP contribution in [0, 0.1) is 11.8 Å². The number of para-hydroxylation sites is 2. The molecule has 0 spiro atoms. The summed E-state index contributed by atoms with van der Waals surface area (Å²) in [7, 11) is 0. The molecule has 0 bridgehead atoms. The van der Waals surface area contributed by atoms with Gasteiger partial charge in [0.15, 0.2) is 0 Å². The van der Waals surface area contributed by atoms with E-state index in [1.165, 1.54) is 4.90 Å². The van der Waals surface area contributed by atoms with E-state index < -0.39 is 30.0 Å². The molecule has 164 valence electrons. The van der Waals surface area contributed by atoms with Crippen LogP contribution in [-0.4, -0.2) is 47.5 Å². The average molecular weight is 418 g/mol. The minimum absolute atomic E-state index is 0.0740. The van der Waals surface area contributed by atoms with Crippen LogP contribution in [0.4, 0.5) is 16.2 Å². The molecule has 0 aliphatic carbocycles. The maximum atomic E-state index is 13.0. The van der Waals surface area contributed by atoms with Crippen molar-refractivity contribution in [3.8, 4) is 0 Å². The molecule has 1 heterocycles. The number of hydrogen-bond acceptors (Lipinski definition) is 4. The van der Waals surface area contributed by atoms with Crippen LogP contribution in [0.5, 0.6) is 0 Å². The Morgan fingerprint density at radius 2 is 1.83 bits per heavy atom. The van der Waals surface area contributed by atoms with Gasteiger partial charge in [-0.2, -0.15) is 0 Å². The van der Waals surface area contributed by atoms with E-state index in [1.807, 2.05) is 20.8 Å². The smallest absolute Gasteiger partial charge is 0.326 e. The van der Waals surface area contributed by atoms with E-state index in [0.717, 1.165) is 0 Å². The van der Waals surface area contributed by atoms with Crippen molar-refractivity contribution in [2.45, 2.75) is 52.6 Å². The van der Waals surface area contributed by atoms with Crippen LogP contribution in [0.1, 0.15) is 40.5 Å². The fourth-order valence-corrected chi connectivity index (χ4v) is 3.28. The minimum atomic E-state index is -1.12. The fourth-order valence-electron chi connectivity index (χ4n) is 3.28. The zero-order chi connectivity index (χ0) is 22.4. The Morgan fingerprint density at radius 1 is 1.17 bits per heavy atom. The van der Waals surface area contributed by atoms with E-state index in [2.05, 4.69) is 16.0 Å². The summed E-state index contributed by atoms with van der Waals surface area (Å²) in [6.45, 7) is 7.22. The molecule has 1 aromatic carbocycles. The van der Waals surface area contributed by atoms with Gasteiger partial charge in [0, 0.05) is 0 Å². The summed E-state index contributed by atoms with van der Waals surface area (Å²) in [5.74, 6) is -2.20. The molecule has 1 aliphatic heterocycles. The summed E-state index contributed by atoms with van der Waals surface area (Å²) in [5.41, 5.74) is 1.04. The van der Waals surface area contributed by atoms with Crippen molar-refractivity contribution < 1.29 is 24.3 Å². The Balaban J connectivity index is 2.20. The number of aliphatic carboxylic acids is 1. The average Bonchev–Trinajstić information content (AvgIpc) is 2.69. The summed E-state index contributed by atoms with van der Waals surface area (Å²) in [6, 6.07) is 4.32. The number of anilines is 2. The highest BCUT2D eigenvalue weighted by atomic mass is 16.4. The van der Waals surface area contributed by atoms with Crippen molar-refractivity contribution in [1.82, 2.24) is 10.6 Å². The lowest BCUT2D eigenvalue weighted by Gasteiger charge is -2.31. The van der Waals surface area contributed by atoms with Crippen molar-refractivity contribution in [3.63, 3.8) is 0 Å². The van der Waals surface area contributed by atoms with Gasteiger partial charge in [0.05, 0.1) is 11.4 Å². The zero-order valence-electron chi connectivity index (χ0n) is 17.8. The molecule has 3 atom stereocenters. The lowest BCUT2D eigenvalue weighted by Crippen LogP contribution is -2.57. The van der Waals surface area contributed by atoms with Crippen molar-refractivity contribution in [2.24, 2.45) is 11.8 Å². The zero-order valence-corrected chi connectivity index (χ0v) is 17.8. The van der Waals surface area contributed by atoms with Gasteiger partial charge >= 0.3 is 12.0 Å². The molecular formula is C21H30N4O5. The minimum Gasteiger partial charge on any atom is -0.480 e. The highest BCUT2D eigenvalue weighted by molar-refractivity contribution is 6.10. The molecule has 1 aliphatic rings. The molecule has 0 saturated carbocycles. The van der Waals surface area contributed by atoms with Crippen LogP contribution in [0.15, 0.2) is 24.3 Å². The standard InChI is InChI=1S/C21H30N4O5/c1-5-13(4)18(20(28)29)24-19(27)15(10-12(2)3)23-21(30)25-11-17(26)22-14-8-6-7-9-16(14)25/h6-9,12-13,15,18H,5,10-11H2,1-4H3,(H,22,26)(H,23,30)(H,24,27)(H,28,29)/t13?,15-,18-/m0/s1. The van der Waals surface area contributed by atoms with Crippen LogP contribution in [0.25, 0.3) is 0 Å². The third kappa shape index (κ3) is 5.71. The molecule has 30 heavy (non-hydrogen) atoms. The number of hydrogen-bond donors (Lipinski definition) is 4. The Bertz CT molecular complexity index is 810. The molecule has 4 N–H and O–H groups in total. The van der Waals surface area contributed by atoms with Gasteiger partial charge in [-0.15, -0.1) is 0 Å². The van der Waals surface area contributed by atoms with Crippen molar-refractivity contribution in [1.29, 1.82) is 0 Å². The van der Waals surface area contributed by atoms with E-state index in [-0.39, 0.29) is 24.3 Å². The second-order valence-corrected chi connectivity index (χ2v) is 7.99. The molecule has 0 aromatic heterocycles. The number of carbonyl (C=O) groups excluding carboxylic acids is 3. The molecule has 1 aromatic rings. The first-order valence-electron chi connectivity index (χ1n) is 10.1. The predicted octanol–water partition coefficient (Wildman–Crippen LogP) is 2.18. The summed E-state index contributed by atoms with van der Waals surface area (Å²) in [5, 5.41) is 17.4. The largest absolute Gasteiger partial charge is 0.480 e. The molecule has 9 nitrogen and oxygen atoms in total. The van der Waals surface area contributed by atoms with Gasteiger partial charge in [-0.25, -0.2) is 9.59 Å². The second kappa shape index (κ2) is 10.1. The number of amides is 4. The predicted molar refractivity (Wildman–Crippen MR) is 113 cm³/mol. The molecule has 4 amide bonds. The topological polar surface area (TPSA) is 128 Å². The van der Waals surface area contributed by atoms with E-state index in [0.29, 0.717) is 24.2 Å². The molecular weight excluding hydrogens is 388 g/mol. The Labute approximate surface area is 176 Å². The summed E-state index contributed by atoms with van der Waals surface area (Å²) >= 11 is 0. The van der Waals surface area contributed by atoms with E-state index in [4.69, 9.17) is 0 Å². The van der Waals surface area contributed by atoms with Crippen molar-refractivity contribution in [3.05, 3.63) is 24.3 Å². The molecule has 1 unspecified atom stereocenters. The maximum absolute atomic E-state index is 13.0. The fraction of sp³-hybridized carbons (Fsp3) is 0.524. The number of fused-ring (bicyclic) bond motifs is 1. The third-order valence-electron chi connectivity index (χ3n) is 5.11. The van der Waals surface area contributed by atoms with E-state index in [1.54, 1.807) is 31.2 Å². The normalized spacial score (nSPS) is 16.2. The van der Waals surface area contributed by atoms with Gasteiger partial charge in [-0.1, -0.05) is 46.2 Å². The Hall–Kier alpha value is -3.10. The van der Waals surface area contributed by atoms with E-state index >= 15 is 0 Å². The van der Waals surface area contributed by atoms with Crippen LogP contribution in [0.2, 0.25) is 0 Å². The quantitative estimate of drug-likeness (QED) is 0.514. The second-order valence-electron chi connectivity index (χ2n) is 7.99.